The lowest BCUT2D eigenvalue weighted by Crippen LogP contribution is -2.48. The third kappa shape index (κ3) is 3.37. The maximum atomic E-state index is 9.04. The van der Waals surface area contributed by atoms with E-state index in [1.807, 2.05) is 0 Å². The van der Waals surface area contributed by atoms with Gasteiger partial charge in [-0.3, -0.25) is 0 Å². The molecular weight excluding hydrogens is 228 g/mol. The fourth-order valence-corrected chi connectivity index (χ4v) is 3.03. The number of rotatable bonds is 4. The van der Waals surface area contributed by atoms with Gasteiger partial charge >= 0.3 is 0 Å². The maximum Gasteiger partial charge on any atom is 0.134 e. The Hall–Kier alpha value is -0.240. The highest BCUT2D eigenvalue weighted by Gasteiger charge is 2.45. The number of aliphatic hydroxyl groups excluding tert-OH is 2. The zero-order valence-electron chi connectivity index (χ0n) is 9.84. The lowest BCUT2D eigenvalue weighted by Gasteiger charge is -2.43. The first-order valence-electron chi connectivity index (χ1n) is 6.14. The van der Waals surface area contributed by atoms with Crippen molar-refractivity contribution in [2.24, 2.45) is 11.8 Å². The van der Waals surface area contributed by atoms with Gasteiger partial charge in [-0.25, -0.2) is 4.89 Å². The molecule has 1 aliphatic carbocycles. The van der Waals surface area contributed by atoms with Gasteiger partial charge in [0.15, 0.2) is 0 Å². The Morgan fingerprint density at radius 2 is 1.65 bits per heavy atom. The summed E-state index contributed by atoms with van der Waals surface area (Å²) >= 11 is 0. The minimum atomic E-state index is -0.490. The average molecular weight is 248 g/mol. The van der Waals surface area contributed by atoms with Crippen LogP contribution in [-0.2, 0) is 19.9 Å². The Morgan fingerprint density at radius 1 is 1.00 bits per heavy atom. The van der Waals surface area contributed by atoms with Crippen molar-refractivity contribution in [3.05, 3.63) is 0 Å². The molecule has 6 nitrogen and oxygen atoms in total. The summed E-state index contributed by atoms with van der Waals surface area (Å²) in [5.41, 5.74) is -0.490. The predicted molar refractivity (Wildman–Crippen MR) is 56.2 cm³/mol. The summed E-state index contributed by atoms with van der Waals surface area (Å²) < 4.78 is 0. The molecule has 2 fully saturated rings. The van der Waals surface area contributed by atoms with E-state index in [2.05, 4.69) is 10.1 Å². The molecule has 2 N–H and O–H groups in total. The van der Waals surface area contributed by atoms with Crippen molar-refractivity contribution < 1.29 is 30.1 Å². The van der Waals surface area contributed by atoms with Crippen LogP contribution in [-0.4, -0.2) is 35.6 Å². The molecule has 0 bridgehead atoms. The minimum Gasteiger partial charge on any atom is -0.396 e. The topological polar surface area (TPSA) is 77.4 Å². The van der Waals surface area contributed by atoms with Crippen molar-refractivity contribution in [2.75, 3.05) is 19.8 Å². The molecule has 2 atom stereocenters. The molecule has 0 aromatic heterocycles. The standard InChI is InChI=1S/C11H20O6/c12-3-1-9-5-10(2-4-13)7-11(6-9)8-14-16-17-15-11/h9-10,12-13H,1-8H2. The van der Waals surface area contributed by atoms with E-state index in [1.165, 1.54) is 0 Å². The normalized spacial score (nSPS) is 38.5. The van der Waals surface area contributed by atoms with E-state index in [0.717, 1.165) is 32.1 Å². The van der Waals surface area contributed by atoms with Gasteiger partial charge in [0, 0.05) is 13.2 Å². The van der Waals surface area contributed by atoms with Crippen molar-refractivity contribution in [2.45, 2.75) is 37.7 Å². The fraction of sp³-hybridized carbons (Fsp3) is 1.00. The van der Waals surface area contributed by atoms with Crippen LogP contribution in [0.5, 0.6) is 0 Å². The van der Waals surface area contributed by atoms with Gasteiger partial charge in [0.2, 0.25) is 0 Å². The maximum absolute atomic E-state index is 9.04. The number of hydrogen-bond donors (Lipinski definition) is 2. The summed E-state index contributed by atoms with van der Waals surface area (Å²) in [6.45, 7) is 0.673. The molecule has 2 aliphatic rings. The summed E-state index contributed by atoms with van der Waals surface area (Å²) in [7, 11) is 0. The Morgan fingerprint density at radius 3 is 2.12 bits per heavy atom. The van der Waals surface area contributed by atoms with Gasteiger partial charge in [-0.05, 0) is 54.0 Å². The zero-order valence-corrected chi connectivity index (χ0v) is 9.84. The molecule has 2 rings (SSSR count). The SMILES string of the molecule is OCCC1CC(CCO)CC2(COOOO2)C1. The van der Waals surface area contributed by atoms with Gasteiger partial charge in [-0.15, -0.1) is 0 Å². The van der Waals surface area contributed by atoms with E-state index < -0.39 is 5.60 Å². The smallest absolute Gasteiger partial charge is 0.134 e. The molecule has 1 saturated heterocycles. The van der Waals surface area contributed by atoms with Crippen LogP contribution in [0.3, 0.4) is 0 Å². The van der Waals surface area contributed by atoms with Crippen LogP contribution in [0.25, 0.3) is 0 Å². The lowest BCUT2D eigenvalue weighted by atomic mass is 9.71. The molecule has 0 aromatic carbocycles. The zero-order chi connectivity index (χ0) is 12.1. The number of aliphatic hydroxyl groups is 2. The summed E-state index contributed by atoms with van der Waals surface area (Å²) in [6.07, 6.45) is 4.08. The molecule has 17 heavy (non-hydrogen) atoms. The van der Waals surface area contributed by atoms with Crippen LogP contribution in [0.15, 0.2) is 0 Å². The predicted octanol–water partition coefficient (Wildman–Crippen LogP) is 0.731. The Labute approximate surface area is 100 Å². The molecular formula is C11H20O6. The van der Waals surface area contributed by atoms with Crippen LogP contribution in [0.1, 0.15) is 32.1 Å². The van der Waals surface area contributed by atoms with Crippen molar-refractivity contribution >= 4 is 0 Å². The van der Waals surface area contributed by atoms with Gasteiger partial charge in [-0.1, -0.05) is 0 Å². The van der Waals surface area contributed by atoms with Crippen molar-refractivity contribution in [1.29, 1.82) is 0 Å². The van der Waals surface area contributed by atoms with Crippen molar-refractivity contribution in [3.8, 4) is 0 Å². The first-order valence-corrected chi connectivity index (χ1v) is 6.14. The molecule has 1 spiro atoms. The summed E-state index contributed by atoms with van der Waals surface area (Å²) in [6, 6.07) is 0. The van der Waals surface area contributed by atoms with Gasteiger partial charge in [0.25, 0.3) is 0 Å². The molecule has 1 heterocycles. The first kappa shape index (κ1) is 13.2. The third-order valence-electron chi connectivity index (χ3n) is 3.67. The van der Waals surface area contributed by atoms with E-state index in [1.54, 1.807) is 0 Å². The third-order valence-corrected chi connectivity index (χ3v) is 3.67. The van der Waals surface area contributed by atoms with Crippen molar-refractivity contribution in [1.82, 2.24) is 0 Å². The van der Waals surface area contributed by atoms with Gasteiger partial charge in [0.05, 0.1) is 0 Å². The molecule has 0 amide bonds. The van der Waals surface area contributed by atoms with Crippen LogP contribution in [0, 0.1) is 11.8 Å². The molecule has 0 radical (unpaired) electrons. The van der Waals surface area contributed by atoms with E-state index >= 15 is 0 Å². The van der Waals surface area contributed by atoms with Crippen LogP contribution in [0.2, 0.25) is 0 Å². The van der Waals surface area contributed by atoms with Gasteiger partial charge < -0.3 is 10.2 Å². The molecule has 1 aliphatic heterocycles. The second-order valence-electron chi connectivity index (χ2n) is 5.07. The van der Waals surface area contributed by atoms with E-state index in [0.29, 0.717) is 18.4 Å². The van der Waals surface area contributed by atoms with Crippen LogP contribution in [0.4, 0.5) is 0 Å². The molecule has 6 heteroatoms. The lowest BCUT2D eigenvalue weighted by molar-refractivity contribution is -0.692. The van der Waals surface area contributed by atoms with Crippen LogP contribution < -0.4 is 0 Å². The van der Waals surface area contributed by atoms with Gasteiger partial charge in [0.1, 0.15) is 12.2 Å². The van der Waals surface area contributed by atoms with Crippen molar-refractivity contribution in [3.63, 3.8) is 0 Å². The summed E-state index contributed by atoms with van der Waals surface area (Å²) in [5.74, 6) is 0.742. The van der Waals surface area contributed by atoms with E-state index in [9.17, 15) is 0 Å². The highest BCUT2D eigenvalue weighted by atomic mass is 17.7. The Kier molecular flexibility index (Phi) is 4.72. The summed E-state index contributed by atoms with van der Waals surface area (Å²) in [5, 5.41) is 26.8. The monoisotopic (exact) mass is 248 g/mol. The molecule has 2 unspecified atom stereocenters. The van der Waals surface area contributed by atoms with Crippen LogP contribution >= 0.6 is 0 Å². The second kappa shape index (κ2) is 6.08. The van der Waals surface area contributed by atoms with E-state index in [4.69, 9.17) is 20.0 Å². The second-order valence-corrected chi connectivity index (χ2v) is 5.07. The average Bonchev–Trinajstić information content (AvgIpc) is 2.30. The Bertz CT molecular complexity index is 212. The largest absolute Gasteiger partial charge is 0.396 e. The Balaban J connectivity index is 1.99. The molecule has 0 aromatic rings. The first-order chi connectivity index (χ1) is 8.28. The molecule has 1 saturated carbocycles. The molecule has 100 valence electrons. The summed E-state index contributed by atoms with van der Waals surface area (Å²) in [4.78, 5) is 10.1. The fourth-order valence-electron chi connectivity index (χ4n) is 3.03. The highest BCUT2D eigenvalue weighted by molar-refractivity contribution is 4.91. The van der Waals surface area contributed by atoms with E-state index in [-0.39, 0.29) is 13.2 Å². The number of hydrogen-bond acceptors (Lipinski definition) is 6. The minimum absolute atomic E-state index is 0.171. The quantitative estimate of drug-likeness (QED) is 0.714. The van der Waals surface area contributed by atoms with Gasteiger partial charge in [-0.2, -0.15) is 4.89 Å². The highest BCUT2D eigenvalue weighted by Crippen LogP contribution is 2.42.